The van der Waals surface area contributed by atoms with Crippen LogP contribution in [0, 0.1) is 0 Å². The molecule has 108 valence electrons. The van der Waals surface area contributed by atoms with E-state index in [9.17, 15) is 0 Å². The van der Waals surface area contributed by atoms with Crippen molar-refractivity contribution in [3.63, 3.8) is 0 Å². The molecule has 1 aliphatic heterocycles. The van der Waals surface area contributed by atoms with E-state index in [1.165, 1.54) is 45.1 Å². The van der Waals surface area contributed by atoms with Crippen molar-refractivity contribution in [2.45, 2.75) is 64.0 Å². The van der Waals surface area contributed by atoms with Gasteiger partial charge in [-0.15, -0.1) is 0 Å². The smallest absolute Gasteiger partial charge is 0.0301 e. The maximum atomic E-state index is 6.04. The molecule has 1 aliphatic rings. The third-order valence-corrected chi connectivity index (χ3v) is 4.84. The van der Waals surface area contributed by atoms with Gasteiger partial charge < -0.3 is 10.6 Å². The summed E-state index contributed by atoms with van der Waals surface area (Å²) in [6.07, 6.45) is 7.84. The Morgan fingerprint density at radius 2 is 2.11 bits per heavy atom. The summed E-state index contributed by atoms with van der Waals surface area (Å²) in [5, 5.41) is 0. The van der Waals surface area contributed by atoms with Gasteiger partial charge in [-0.2, -0.15) is 0 Å². The van der Waals surface area contributed by atoms with Crippen LogP contribution < -0.4 is 5.73 Å². The molecule has 1 saturated heterocycles. The molecule has 2 atom stereocenters. The van der Waals surface area contributed by atoms with E-state index >= 15 is 0 Å². The van der Waals surface area contributed by atoms with Crippen molar-refractivity contribution in [1.29, 1.82) is 0 Å². The molecule has 2 unspecified atom stereocenters. The molecule has 0 spiro atoms. The molecule has 0 saturated carbocycles. The van der Waals surface area contributed by atoms with Crippen LogP contribution >= 0.6 is 0 Å². The van der Waals surface area contributed by atoms with Crippen LogP contribution in [0.1, 0.15) is 52.4 Å². The first-order valence-corrected chi connectivity index (χ1v) is 7.65. The second-order valence-electron chi connectivity index (χ2n) is 6.32. The van der Waals surface area contributed by atoms with Gasteiger partial charge in [0.15, 0.2) is 0 Å². The van der Waals surface area contributed by atoms with E-state index in [2.05, 4.69) is 37.7 Å². The molecule has 1 rings (SSSR count). The molecule has 2 N–H and O–H groups in total. The van der Waals surface area contributed by atoms with Crippen molar-refractivity contribution in [2.75, 3.05) is 33.7 Å². The van der Waals surface area contributed by atoms with Crippen LogP contribution in [0.2, 0.25) is 0 Å². The van der Waals surface area contributed by atoms with Crippen LogP contribution in [0.4, 0.5) is 0 Å². The van der Waals surface area contributed by atoms with E-state index in [4.69, 9.17) is 5.73 Å². The standard InChI is InChI=1S/C15H33N3/c1-5-6-7-10-15(2,13-16)18(4)12-14-9-8-11-17(14)3/h14H,5-13,16H2,1-4H3. The lowest BCUT2D eigenvalue weighted by atomic mass is 9.92. The van der Waals surface area contributed by atoms with E-state index in [0.29, 0.717) is 0 Å². The van der Waals surface area contributed by atoms with E-state index in [1.54, 1.807) is 0 Å². The second kappa shape index (κ2) is 7.46. The number of unbranched alkanes of at least 4 members (excludes halogenated alkanes) is 2. The minimum absolute atomic E-state index is 0.179. The van der Waals surface area contributed by atoms with Gasteiger partial charge in [0.1, 0.15) is 0 Å². The Labute approximate surface area is 114 Å². The van der Waals surface area contributed by atoms with Gasteiger partial charge in [-0.25, -0.2) is 0 Å². The summed E-state index contributed by atoms with van der Waals surface area (Å²) < 4.78 is 0. The first-order chi connectivity index (χ1) is 8.53. The highest BCUT2D eigenvalue weighted by molar-refractivity contribution is 4.89. The highest BCUT2D eigenvalue weighted by Gasteiger charge is 2.31. The fourth-order valence-electron chi connectivity index (χ4n) is 2.95. The van der Waals surface area contributed by atoms with Crippen molar-refractivity contribution < 1.29 is 0 Å². The average Bonchev–Trinajstić information content (AvgIpc) is 2.75. The van der Waals surface area contributed by atoms with E-state index < -0.39 is 0 Å². The predicted octanol–water partition coefficient (Wildman–Crippen LogP) is 2.31. The van der Waals surface area contributed by atoms with Gasteiger partial charge >= 0.3 is 0 Å². The predicted molar refractivity (Wildman–Crippen MR) is 79.9 cm³/mol. The third kappa shape index (κ3) is 4.22. The van der Waals surface area contributed by atoms with Gasteiger partial charge in [0.25, 0.3) is 0 Å². The Morgan fingerprint density at radius 1 is 1.39 bits per heavy atom. The first kappa shape index (κ1) is 15.9. The maximum absolute atomic E-state index is 6.04. The number of nitrogens with zero attached hydrogens (tertiary/aromatic N) is 2. The Bertz CT molecular complexity index is 232. The molecular weight excluding hydrogens is 222 g/mol. The molecule has 3 heteroatoms. The molecule has 0 amide bonds. The van der Waals surface area contributed by atoms with Gasteiger partial charge in [-0.05, 0) is 46.8 Å². The zero-order chi connectivity index (χ0) is 13.6. The van der Waals surface area contributed by atoms with Crippen LogP contribution in [-0.4, -0.2) is 55.1 Å². The van der Waals surface area contributed by atoms with Crippen LogP contribution in [0.15, 0.2) is 0 Å². The summed E-state index contributed by atoms with van der Waals surface area (Å²) in [5.74, 6) is 0. The summed E-state index contributed by atoms with van der Waals surface area (Å²) in [7, 11) is 4.51. The van der Waals surface area contributed by atoms with Gasteiger partial charge in [-0.1, -0.05) is 26.2 Å². The molecular formula is C15H33N3. The zero-order valence-corrected chi connectivity index (χ0v) is 12.9. The Balaban J connectivity index is 2.46. The molecule has 0 bridgehead atoms. The minimum atomic E-state index is 0.179. The van der Waals surface area contributed by atoms with Crippen LogP contribution in [-0.2, 0) is 0 Å². The number of nitrogens with two attached hydrogens (primary N) is 1. The highest BCUT2D eigenvalue weighted by Crippen LogP contribution is 2.23. The molecule has 3 nitrogen and oxygen atoms in total. The van der Waals surface area contributed by atoms with Crippen molar-refractivity contribution >= 4 is 0 Å². The summed E-state index contributed by atoms with van der Waals surface area (Å²) in [6, 6.07) is 0.729. The highest BCUT2D eigenvalue weighted by atomic mass is 15.2. The lowest BCUT2D eigenvalue weighted by Gasteiger charge is -2.40. The van der Waals surface area contributed by atoms with E-state index in [1.807, 2.05) is 0 Å². The van der Waals surface area contributed by atoms with Crippen LogP contribution in [0.25, 0.3) is 0 Å². The summed E-state index contributed by atoms with van der Waals surface area (Å²) >= 11 is 0. The van der Waals surface area contributed by atoms with E-state index in [-0.39, 0.29) is 5.54 Å². The molecule has 0 aromatic heterocycles. The van der Waals surface area contributed by atoms with E-state index in [0.717, 1.165) is 19.1 Å². The van der Waals surface area contributed by atoms with Crippen molar-refractivity contribution in [2.24, 2.45) is 5.73 Å². The minimum Gasteiger partial charge on any atom is -0.329 e. The van der Waals surface area contributed by atoms with Gasteiger partial charge in [0.2, 0.25) is 0 Å². The van der Waals surface area contributed by atoms with Crippen LogP contribution in [0.3, 0.4) is 0 Å². The Morgan fingerprint density at radius 3 is 2.61 bits per heavy atom. The molecule has 0 aromatic rings. The maximum Gasteiger partial charge on any atom is 0.0301 e. The summed E-state index contributed by atoms with van der Waals surface area (Å²) in [4.78, 5) is 5.01. The summed E-state index contributed by atoms with van der Waals surface area (Å²) in [6.45, 7) is 7.78. The molecule has 0 radical (unpaired) electrons. The van der Waals surface area contributed by atoms with Crippen molar-refractivity contribution in [1.82, 2.24) is 9.80 Å². The van der Waals surface area contributed by atoms with Gasteiger partial charge in [-0.3, -0.25) is 4.90 Å². The third-order valence-electron chi connectivity index (χ3n) is 4.84. The number of likely N-dealkylation sites (tertiary alicyclic amines) is 1. The molecule has 18 heavy (non-hydrogen) atoms. The SMILES string of the molecule is CCCCCC(C)(CN)N(C)CC1CCCN1C. The number of likely N-dealkylation sites (N-methyl/N-ethyl adjacent to an activating group) is 2. The fraction of sp³-hybridized carbons (Fsp3) is 1.00. The number of hydrogen-bond acceptors (Lipinski definition) is 3. The van der Waals surface area contributed by atoms with Gasteiger partial charge in [0, 0.05) is 24.7 Å². The largest absolute Gasteiger partial charge is 0.329 e. The lowest BCUT2D eigenvalue weighted by Crippen LogP contribution is -2.53. The second-order valence-corrected chi connectivity index (χ2v) is 6.32. The van der Waals surface area contributed by atoms with Crippen molar-refractivity contribution in [3.05, 3.63) is 0 Å². The van der Waals surface area contributed by atoms with Gasteiger partial charge in [0.05, 0.1) is 0 Å². The molecule has 0 aliphatic carbocycles. The normalized spacial score (nSPS) is 24.7. The van der Waals surface area contributed by atoms with Crippen LogP contribution in [0.5, 0.6) is 0 Å². The molecule has 1 fully saturated rings. The zero-order valence-electron chi connectivity index (χ0n) is 12.9. The fourth-order valence-corrected chi connectivity index (χ4v) is 2.95. The monoisotopic (exact) mass is 255 g/mol. The first-order valence-electron chi connectivity index (χ1n) is 7.65. The Hall–Kier alpha value is -0.120. The average molecular weight is 255 g/mol. The molecule has 1 heterocycles. The quantitative estimate of drug-likeness (QED) is 0.676. The summed E-state index contributed by atoms with van der Waals surface area (Å²) in [5.41, 5.74) is 6.22. The number of hydrogen-bond donors (Lipinski definition) is 1. The lowest BCUT2D eigenvalue weighted by molar-refractivity contribution is 0.0997. The topological polar surface area (TPSA) is 32.5 Å². The van der Waals surface area contributed by atoms with Crippen molar-refractivity contribution in [3.8, 4) is 0 Å². The Kier molecular flexibility index (Phi) is 6.61. The number of rotatable bonds is 8. The molecule has 0 aromatic carbocycles.